The van der Waals surface area contributed by atoms with Gasteiger partial charge in [-0.2, -0.15) is 0 Å². The van der Waals surface area contributed by atoms with Gasteiger partial charge in [0.15, 0.2) is 11.5 Å². The summed E-state index contributed by atoms with van der Waals surface area (Å²) in [6, 6.07) is 9.46. The van der Waals surface area contributed by atoms with Crippen LogP contribution >= 0.6 is 0 Å². The van der Waals surface area contributed by atoms with Crippen LogP contribution in [0.2, 0.25) is 0 Å². The molecule has 0 aromatic heterocycles. The number of fused-ring (bicyclic) bond motifs is 7. The van der Waals surface area contributed by atoms with Gasteiger partial charge in [-0.05, 0) is 45.8 Å². The van der Waals surface area contributed by atoms with Crippen LogP contribution in [0.15, 0.2) is 30.3 Å². The highest BCUT2D eigenvalue weighted by atomic mass is 16.6. The zero-order valence-electron chi connectivity index (χ0n) is 16.9. The molecule has 1 N–H and O–H groups in total. The van der Waals surface area contributed by atoms with Crippen LogP contribution in [0.5, 0.6) is 17.2 Å². The van der Waals surface area contributed by atoms with Gasteiger partial charge in [0.2, 0.25) is 0 Å². The molecule has 0 saturated carbocycles. The molecule has 0 aliphatic carbocycles. The molecule has 6 heteroatoms. The van der Waals surface area contributed by atoms with E-state index in [0.29, 0.717) is 24.6 Å². The van der Waals surface area contributed by atoms with Crippen LogP contribution in [0.1, 0.15) is 30.1 Å². The highest BCUT2D eigenvalue weighted by molar-refractivity contribution is 6.12. The van der Waals surface area contributed by atoms with E-state index in [-0.39, 0.29) is 10.7 Å². The molecule has 0 radical (unpaired) electrons. The predicted octanol–water partition coefficient (Wildman–Crippen LogP) is 4.04. The fourth-order valence-corrected chi connectivity index (χ4v) is 5.32. The van der Waals surface area contributed by atoms with Crippen molar-refractivity contribution in [3.8, 4) is 17.2 Å². The fraction of sp³-hybridized carbons (Fsp3) is 0.391. The Bertz CT molecular complexity index is 1130. The maximum absolute atomic E-state index is 13.5. The van der Waals surface area contributed by atoms with E-state index in [9.17, 15) is 10.3 Å². The Kier molecular flexibility index (Phi) is 4.13. The molecule has 2 aliphatic heterocycles. The minimum atomic E-state index is -0.800. The van der Waals surface area contributed by atoms with Crippen LogP contribution in [0, 0.1) is 5.21 Å². The molecule has 152 valence electrons. The summed E-state index contributed by atoms with van der Waals surface area (Å²) < 4.78 is 16.2. The van der Waals surface area contributed by atoms with Crippen molar-refractivity contribution in [2.24, 2.45) is 0 Å². The van der Waals surface area contributed by atoms with Gasteiger partial charge in [0, 0.05) is 24.0 Å². The Morgan fingerprint density at radius 1 is 0.931 bits per heavy atom. The van der Waals surface area contributed by atoms with Gasteiger partial charge in [-0.3, -0.25) is 0 Å². The van der Waals surface area contributed by atoms with Crippen LogP contribution in [0.3, 0.4) is 0 Å². The monoisotopic (exact) mass is 395 g/mol. The zero-order valence-corrected chi connectivity index (χ0v) is 16.9. The maximum atomic E-state index is 13.5. The van der Waals surface area contributed by atoms with Gasteiger partial charge in [0.1, 0.15) is 24.4 Å². The van der Waals surface area contributed by atoms with Gasteiger partial charge in [-0.15, -0.1) is 0 Å². The first-order valence-corrected chi connectivity index (χ1v) is 9.95. The van der Waals surface area contributed by atoms with Gasteiger partial charge in [-0.25, -0.2) is 0 Å². The fourth-order valence-electron chi connectivity index (χ4n) is 5.32. The van der Waals surface area contributed by atoms with Crippen LogP contribution in [-0.2, 0) is 6.54 Å². The number of methoxy groups -OCH3 is 3. The summed E-state index contributed by atoms with van der Waals surface area (Å²) in [5, 5.41) is 28.7. The van der Waals surface area contributed by atoms with Crippen molar-refractivity contribution < 1.29 is 24.0 Å². The molecule has 3 atom stereocenters. The summed E-state index contributed by atoms with van der Waals surface area (Å²) >= 11 is 0. The van der Waals surface area contributed by atoms with Crippen molar-refractivity contribution in [2.75, 3.05) is 27.9 Å². The number of ether oxygens (including phenoxy) is 3. The smallest absolute Gasteiger partial charge is 0.161 e. The molecule has 3 aromatic rings. The minimum absolute atomic E-state index is 0.311. The van der Waals surface area contributed by atoms with Crippen molar-refractivity contribution in [1.82, 2.24) is 0 Å². The second kappa shape index (κ2) is 6.49. The summed E-state index contributed by atoms with van der Waals surface area (Å²) in [6.07, 6.45) is 0.797. The maximum Gasteiger partial charge on any atom is 0.161 e. The number of quaternary nitrogens is 1. The third-order valence-electron chi connectivity index (χ3n) is 6.71. The third kappa shape index (κ3) is 2.53. The largest absolute Gasteiger partial charge is 0.632 e. The molecular weight excluding hydrogens is 370 g/mol. The normalized spacial score (nSPS) is 25.7. The molecule has 1 saturated heterocycles. The molecule has 0 bridgehead atoms. The standard InChI is InChI=1S/C23H25NO5/c1-27-13-6-7-14-15(9-13)16-10-20(28-2)21(29-3)11-17(16)22-18(14)12-24(26)8-4-5-19(24)23(22)25/h6-7,9-11,19,23,25H,4-5,8,12H2,1-3H3/t19-,23+,24+/m1/s1. The molecule has 1 fully saturated rings. The van der Waals surface area contributed by atoms with Crippen molar-refractivity contribution >= 4 is 21.5 Å². The SMILES string of the molecule is COc1ccc2c3c(c4cc(OC)c(OC)cc4c2c1)[C@@H](O)[C@H]1CCC[N@+]1([O-])C3. The van der Waals surface area contributed by atoms with Crippen LogP contribution in [0.4, 0.5) is 0 Å². The van der Waals surface area contributed by atoms with E-state index in [0.717, 1.165) is 51.3 Å². The molecule has 0 spiro atoms. The van der Waals surface area contributed by atoms with Crippen molar-refractivity contribution in [3.05, 3.63) is 46.7 Å². The third-order valence-corrected chi connectivity index (χ3v) is 6.71. The number of benzene rings is 3. The Morgan fingerprint density at radius 3 is 2.31 bits per heavy atom. The molecule has 2 aliphatic rings. The van der Waals surface area contributed by atoms with E-state index in [1.54, 1.807) is 21.3 Å². The summed E-state index contributed by atoms with van der Waals surface area (Å²) in [7, 11) is 4.86. The molecule has 5 rings (SSSR count). The highest BCUT2D eigenvalue weighted by Gasteiger charge is 2.46. The Hall–Kier alpha value is -2.54. The lowest BCUT2D eigenvalue weighted by molar-refractivity contribution is -0.912. The first kappa shape index (κ1) is 18.5. The van der Waals surface area contributed by atoms with Crippen LogP contribution in [-0.4, -0.2) is 43.7 Å². The summed E-state index contributed by atoms with van der Waals surface area (Å²) in [6.45, 7) is 0.937. The van der Waals surface area contributed by atoms with Gasteiger partial charge in [-0.1, -0.05) is 6.07 Å². The van der Waals surface area contributed by atoms with Crippen LogP contribution in [0.25, 0.3) is 21.5 Å². The van der Waals surface area contributed by atoms with Gasteiger partial charge in [0.25, 0.3) is 0 Å². The molecule has 0 amide bonds. The first-order valence-electron chi connectivity index (χ1n) is 9.95. The lowest BCUT2D eigenvalue weighted by Crippen LogP contribution is -2.51. The number of hydrogen-bond acceptors (Lipinski definition) is 5. The Balaban J connectivity index is 1.93. The number of nitrogens with zero attached hydrogens (tertiary/aromatic N) is 1. The summed E-state index contributed by atoms with van der Waals surface area (Å²) in [5.41, 5.74) is 1.79. The molecule has 29 heavy (non-hydrogen) atoms. The van der Waals surface area contributed by atoms with E-state index in [1.165, 1.54) is 0 Å². The molecular formula is C23H25NO5. The average Bonchev–Trinajstić information content (AvgIpc) is 3.14. The second-order valence-electron chi connectivity index (χ2n) is 8.05. The van der Waals surface area contributed by atoms with Crippen molar-refractivity contribution in [2.45, 2.75) is 31.5 Å². The van der Waals surface area contributed by atoms with E-state index in [2.05, 4.69) is 0 Å². The van der Waals surface area contributed by atoms with E-state index in [1.807, 2.05) is 30.3 Å². The van der Waals surface area contributed by atoms with Crippen molar-refractivity contribution in [3.63, 3.8) is 0 Å². The van der Waals surface area contributed by atoms with E-state index < -0.39 is 6.10 Å². The number of aliphatic hydroxyl groups is 1. The number of rotatable bonds is 3. The lowest BCUT2D eigenvalue weighted by Gasteiger charge is -2.50. The molecule has 0 unspecified atom stereocenters. The van der Waals surface area contributed by atoms with Gasteiger partial charge < -0.3 is 29.2 Å². The van der Waals surface area contributed by atoms with Gasteiger partial charge >= 0.3 is 0 Å². The highest BCUT2D eigenvalue weighted by Crippen LogP contribution is 2.49. The quantitative estimate of drug-likeness (QED) is 0.412. The molecule has 6 nitrogen and oxygen atoms in total. The Labute approximate surface area is 169 Å². The lowest BCUT2D eigenvalue weighted by atomic mass is 9.83. The zero-order chi connectivity index (χ0) is 20.3. The predicted molar refractivity (Wildman–Crippen MR) is 111 cm³/mol. The minimum Gasteiger partial charge on any atom is -0.632 e. The second-order valence-corrected chi connectivity index (χ2v) is 8.05. The molecule has 3 aromatic carbocycles. The molecule has 2 heterocycles. The number of hydroxylamine groups is 3. The first-order chi connectivity index (χ1) is 14.0. The average molecular weight is 395 g/mol. The van der Waals surface area contributed by atoms with Crippen LogP contribution < -0.4 is 14.2 Å². The van der Waals surface area contributed by atoms with E-state index >= 15 is 0 Å². The topological polar surface area (TPSA) is 71.0 Å². The Morgan fingerprint density at radius 2 is 1.62 bits per heavy atom. The van der Waals surface area contributed by atoms with Gasteiger partial charge in [0.05, 0.1) is 27.9 Å². The summed E-state index contributed by atoms with van der Waals surface area (Å²) in [4.78, 5) is 0. The number of hydrogen-bond donors (Lipinski definition) is 1. The summed E-state index contributed by atoms with van der Waals surface area (Å²) in [5.74, 6) is 1.98. The van der Waals surface area contributed by atoms with Crippen molar-refractivity contribution in [1.29, 1.82) is 0 Å². The number of aliphatic hydroxyl groups excluding tert-OH is 1. The van der Waals surface area contributed by atoms with E-state index in [4.69, 9.17) is 14.2 Å².